The highest BCUT2D eigenvalue weighted by Gasteiger charge is 2.33. The summed E-state index contributed by atoms with van der Waals surface area (Å²) in [5.41, 5.74) is 0.993. The number of aryl methyl sites for hydroxylation is 2. The first-order chi connectivity index (χ1) is 12.2. The third-order valence-electron chi connectivity index (χ3n) is 4.15. The lowest BCUT2D eigenvalue weighted by molar-refractivity contribution is -0.137. The number of hydrogen-bond acceptors (Lipinski definition) is 4. The standard InChI is InChI=1S/C15H18F3N5O2S/c1-21-8-11(6-19-21)13-10-26(25)5-4-23(13)14(24)12-7-20-22(9-12)3-2-15(16,17)18/h6-9,13H,2-5,10H2,1H3. The summed E-state index contributed by atoms with van der Waals surface area (Å²) in [6.07, 6.45) is 0.687. The molecule has 0 bridgehead atoms. The molecule has 142 valence electrons. The van der Waals surface area contributed by atoms with Crippen molar-refractivity contribution in [2.45, 2.75) is 25.2 Å². The SMILES string of the molecule is Cn1cc(C2CS(=O)CCN2C(=O)c2cnn(CCC(F)(F)F)c2)cn1. The highest BCUT2D eigenvalue weighted by Crippen LogP contribution is 2.27. The first kappa shape index (κ1) is 18.6. The number of carbonyl (C=O) groups excluding carboxylic acids is 1. The molecule has 2 aromatic rings. The van der Waals surface area contributed by atoms with Gasteiger partial charge in [0.25, 0.3) is 5.91 Å². The Labute approximate surface area is 150 Å². The van der Waals surface area contributed by atoms with Crippen LogP contribution in [-0.2, 0) is 24.4 Å². The second-order valence-corrected chi connectivity index (χ2v) is 7.75. The molecule has 26 heavy (non-hydrogen) atoms. The molecule has 1 fully saturated rings. The molecule has 11 heteroatoms. The zero-order chi connectivity index (χ0) is 18.9. The van der Waals surface area contributed by atoms with Crippen LogP contribution in [0.1, 0.15) is 28.4 Å². The molecule has 7 nitrogen and oxygen atoms in total. The summed E-state index contributed by atoms with van der Waals surface area (Å²) in [6.45, 7) is -0.0361. The minimum absolute atomic E-state index is 0.216. The van der Waals surface area contributed by atoms with Crippen molar-refractivity contribution in [3.8, 4) is 0 Å². The van der Waals surface area contributed by atoms with E-state index in [9.17, 15) is 22.2 Å². The van der Waals surface area contributed by atoms with Crippen LogP contribution in [0, 0.1) is 0 Å². The van der Waals surface area contributed by atoms with Gasteiger partial charge in [-0.15, -0.1) is 0 Å². The first-order valence-electron chi connectivity index (χ1n) is 7.96. The first-order valence-corrected chi connectivity index (χ1v) is 9.45. The smallest absolute Gasteiger partial charge is 0.330 e. The quantitative estimate of drug-likeness (QED) is 0.795. The highest BCUT2D eigenvalue weighted by molar-refractivity contribution is 7.85. The molecule has 2 atom stereocenters. The summed E-state index contributed by atoms with van der Waals surface area (Å²) in [7, 11) is 0.710. The third kappa shape index (κ3) is 4.32. The van der Waals surface area contributed by atoms with E-state index in [-0.39, 0.29) is 24.1 Å². The molecule has 0 aromatic carbocycles. The van der Waals surface area contributed by atoms with Gasteiger partial charge in [-0.25, -0.2) is 0 Å². The van der Waals surface area contributed by atoms with Gasteiger partial charge in [0.15, 0.2) is 0 Å². The van der Waals surface area contributed by atoms with Crippen LogP contribution in [0.25, 0.3) is 0 Å². The molecule has 3 rings (SSSR count). The van der Waals surface area contributed by atoms with E-state index >= 15 is 0 Å². The number of amides is 1. The van der Waals surface area contributed by atoms with Gasteiger partial charge in [-0.2, -0.15) is 23.4 Å². The van der Waals surface area contributed by atoms with Crippen molar-refractivity contribution >= 4 is 16.7 Å². The second-order valence-electron chi connectivity index (χ2n) is 6.13. The van der Waals surface area contributed by atoms with Crippen molar-refractivity contribution in [3.05, 3.63) is 35.9 Å². The van der Waals surface area contributed by atoms with Gasteiger partial charge in [-0.3, -0.25) is 18.4 Å². The van der Waals surface area contributed by atoms with Crippen LogP contribution >= 0.6 is 0 Å². The molecule has 0 N–H and O–H groups in total. The average Bonchev–Trinajstić information content (AvgIpc) is 3.20. The average molecular weight is 389 g/mol. The Morgan fingerprint density at radius 1 is 1.31 bits per heavy atom. The number of hydrogen-bond donors (Lipinski definition) is 0. The largest absolute Gasteiger partial charge is 0.390 e. The van der Waals surface area contributed by atoms with Crippen LogP contribution in [0.3, 0.4) is 0 Å². The van der Waals surface area contributed by atoms with Crippen LogP contribution in [0.2, 0.25) is 0 Å². The summed E-state index contributed by atoms with van der Waals surface area (Å²) in [6, 6.07) is -0.385. The van der Waals surface area contributed by atoms with Gasteiger partial charge in [0.2, 0.25) is 0 Å². The van der Waals surface area contributed by atoms with Crippen LogP contribution in [-0.4, -0.2) is 58.8 Å². The van der Waals surface area contributed by atoms with Crippen LogP contribution in [0.4, 0.5) is 13.2 Å². The van der Waals surface area contributed by atoms with Gasteiger partial charge in [-0.05, 0) is 0 Å². The molecule has 1 saturated heterocycles. The maximum atomic E-state index is 12.8. The fourth-order valence-electron chi connectivity index (χ4n) is 2.84. The van der Waals surface area contributed by atoms with Crippen molar-refractivity contribution in [2.75, 3.05) is 18.1 Å². The van der Waals surface area contributed by atoms with Gasteiger partial charge in [0, 0.05) is 60.4 Å². The third-order valence-corrected chi connectivity index (χ3v) is 5.48. The lowest BCUT2D eigenvalue weighted by Gasteiger charge is -2.34. The van der Waals surface area contributed by atoms with Crippen LogP contribution in [0.5, 0.6) is 0 Å². The number of halogens is 3. The van der Waals surface area contributed by atoms with Crippen LogP contribution < -0.4 is 0 Å². The molecule has 0 aliphatic carbocycles. The Morgan fingerprint density at radius 3 is 2.73 bits per heavy atom. The Bertz CT molecular complexity index is 816. The van der Waals surface area contributed by atoms with Crippen molar-refractivity contribution < 1.29 is 22.2 Å². The van der Waals surface area contributed by atoms with E-state index in [4.69, 9.17) is 0 Å². The fourth-order valence-corrected chi connectivity index (χ4v) is 4.13. The molecule has 1 amide bonds. The minimum Gasteiger partial charge on any atom is -0.330 e. The molecular weight excluding hydrogens is 371 g/mol. The van der Waals surface area contributed by atoms with Crippen molar-refractivity contribution in [1.29, 1.82) is 0 Å². The Hall–Kier alpha value is -2.17. The molecule has 0 saturated carbocycles. The summed E-state index contributed by atoms with van der Waals surface area (Å²) in [4.78, 5) is 14.4. The molecule has 2 aromatic heterocycles. The Kier molecular flexibility index (Phi) is 5.17. The topological polar surface area (TPSA) is 73.0 Å². The van der Waals surface area contributed by atoms with E-state index in [1.165, 1.54) is 12.4 Å². The van der Waals surface area contributed by atoms with Gasteiger partial charge in [-0.1, -0.05) is 0 Å². The number of aromatic nitrogens is 4. The fraction of sp³-hybridized carbons (Fsp3) is 0.533. The summed E-state index contributed by atoms with van der Waals surface area (Å²) >= 11 is 0. The lowest BCUT2D eigenvalue weighted by Crippen LogP contribution is -2.44. The molecule has 2 unspecified atom stereocenters. The molecule has 1 aliphatic rings. The second kappa shape index (κ2) is 7.22. The monoisotopic (exact) mass is 389 g/mol. The van der Waals surface area contributed by atoms with E-state index < -0.39 is 23.4 Å². The van der Waals surface area contributed by atoms with E-state index in [1.54, 1.807) is 29.0 Å². The van der Waals surface area contributed by atoms with Gasteiger partial charge < -0.3 is 4.90 Å². The molecule has 1 aliphatic heterocycles. The minimum atomic E-state index is -4.28. The van der Waals surface area contributed by atoms with Gasteiger partial charge in [0.05, 0.1) is 30.4 Å². The summed E-state index contributed by atoms with van der Waals surface area (Å²) in [5, 5.41) is 7.94. The van der Waals surface area contributed by atoms with E-state index in [0.29, 0.717) is 18.1 Å². The van der Waals surface area contributed by atoms with Crippen molar-refractivity contribution in [1.82, 2.24) is 24.5 Å². The predicted octanol–water partition coefficient (Wildman–Crippen LogP) is 1.51. The van der Waals surface area contributed by atoms with E-state index in [1.807, 2.05) is 0 Å². The number of carbonyl (C=O) groups is 1. The van der Waals surface area contributed by atoms with Crippen molar-refractivity contribution in [2.24, 2.45) is 7.05 Å². The molecule has 0 radical (unpaired) electrons. The predicted molar refractivity (Wildman–Crippen MR) is 87.8 cm³/mol. The zero-order valence-electron chi connectivity index (χ0n) is 14.0. The van der Waals surface area contributed by atoms with Crippen LogP contribution in [0.15, 0.2) is 24.8 Å². The Balaban J connectivity index is 1.77. The normalized spacial score (nSPS) is 21.2. The molecule has 3 heterocycles. The Morgan fingerprint density at radius 2 is 2.08 bits per heavy atom. The number of rotatable bonds is 4. The summed E-state index contributed by atoms with van der Waals surface area (Å²) in [5.74, 6) is 0.332. The lowest BCUT2D eigenvalue weighted by atomic mass is 10.1. The maximum Gasteiger partial charge on any atom is 0.390 e. The van der Waals surface area contributed by atoms with Gasteiger partial charge >= 0.3 is 6.18 Å². The van der Waals surface area contributed by atoms with E-state index in [0.717, 1.165) is 10.2 Å². The van der Waals surface area contributed by atoms with Gasteiger partial charge in [0.1, 0.15) is 0 Å². The molecule has 0 spiro atoms. The maximum absolute atomic E-state index is 12.8. The molecular formula is C15H18F3N5O2S. The summed E-state index contributed by atoms with van der Waals surface area (Å²) < 4.78 is 51.6. The van der Waals surface area contributed by atoms with E-state index in [2.05, 4.69) is 10.2 Å². The zero-order valence-corrected chi connectivity index (χ0v) is 14.8. The highest BCUT2D eigenvalue weighted by atomic mass is 32.2. The number of alkyl halides is 3. The number of nitrogens with zero attached hydrogens (tertiary/aromatic N) is 5. The van der Waals surface area contributed by atoms with Crippen molar-refractivity contribution in [3.63, 3.8) is 0 Å².